The average Bonchev–Trinajstić information content (AvgIpc) is 2.61. The van der Waals surface area contributed by atoms with Crippen LogP contribution in [0.25, 0.3) is 0 Å². The molecule has 2 aliphatic rings. The molecule has 1 fully saturated rings. The summed E-state index contributed by atoms with van der Waals surface area (Å²) in [5, 5.41) is 17.4. The van der Waals surface area contributed by atoms with E-state index >= 15 is 0 Å². The van der Waals surface area contributed by atoms with Gasteiger partial charge < -0.3 is 1.43 Å². The SMILES string of the molecule is C=CCSN1C=CN2C(=N1)NC(=O)N2[N+](=O)[O-].[H-].[Na+]. The first-order valence-corrected chi connectivity index (χ1v) is 5.42. The molecule has 0 aromatic rings. The van der Waals surface area contributed by atoms with Gasteiger partial charge in [0.1, 0.15) is 0 Å². The summed E-state index contributed by atoms with van der Waals surface area (Å²) in [5.41, 5.74) is 0. The Morgan fingerprint density at radius 3 is 3.00 bits per heavy atom. The number of rotatable bonds is 4. The van der Waals surface area contributed by atoms with Gasteiger partial charge in [0.05, 0.1) is 17.5 Å². The van der Waals surface area contributed by atoms with Crippen LogP contribution < -0.4 is 34.9 Å². The molecule has 2 amide bonds. The monoisotopic (exact) mass is 280 g/mol. The largest absolute Gasteiger partial charge is 1.00 e. The molecule has 0 atom stereocenters. The minimum Gasteiger partial charge on any atom is -1.00 e. The van der Waals surface area contributed by atoms with E-state index in [-0.39, 0.29) is 36.9 Å². The number of fused-ring (bicyclic) bond motifs is 1. The first-order valence-electron chi connectivity index (χ1n) is 4.48. The van der Waals surface area contributed by atoms with Crippen molar-refractivity contribution in [3.8, 4) is 0 Å². The van der Waals surface area contributed by atoms with E-state index in [4.69, 9.17) is 0 Å². The summed E-state index contributed by atoms with van der Waals surface area (Å²) < 4.78 is 1.48. The summed E-state index contributed by atoms with van der Waals surface area (Å²) in [6.45, 7) is 3.56. The van der Waals surface area contributed by atoms with Crippen LogP contribution in [0.1, 0.15) is 1.43 Å². The summed E-state index contributed by atoms with van der Waals surface area (Å²) in [4.78, 5) is 21.9. The van der Waals surface area contributed by atoms with Crippen LogP contribution in [0.3, 0.4) is 0 Å². The van der Waals surface area contributed by atoms with Crippen molar-refractivity contribution in [1.29, 1.82) is 0 Å². The minimum atomic E-state index is -0.853. The molecule has 2 rings (SSSR count). The van der Waals surface area contributed by atoms with Gasteiger partial charge in [0.2, 0.25) is 0 Å². The summed E-state index contributed by atoms with van der Waals surface area (Å²) in [6, 6.07) is -0.853. The first-order chi connectivity index (χ1) is 8.13. The predicted octanol–water partition coefficient (Wildman–Crippen LogP) is -2.57. The van der Waals surface area contributed by atoms with E-state index in [0.717, 1.165) is 5.01 Å². The molecule has 2 aliphatic heterocycles. The molecule has 2 heterocycles. The van der Waals surface area contributed by atoms with E-state index in [0.29, 0.717) is 10.9 Å². The van der Waals surface area contributed by atoms with Gasteiger partial charge in [0.15, 0.2) is 5.03 Å². The summed E-state index contributed by atoms with van der Waals surface area (Å²) in [6.07, 6.45) is 4.58. The van der Waals surface area contributed by atoms with Crippen molar-refractivity contribution in [3.63, 3.8) is 0 Å². The Balaban J connectivity index is 0.00000162. The summed E-state index contributed by atoms with van der Waals surface area (Å²) in [5.74, 6) is 0.722. The zero-order valence-electron chi connectivity index (χ0n) is 10.5. The standard InChI is InChI=1S/C7H8N6O3S.Na.H/c1-2-5-17-11-4-3-10-6(9-11)8-7(14)12(10)13(15)16;;/h2-4H,1,5H2,(H,8,9,14);;/q;+1;-1. The third kappa shape index (κ3) is 2.77. The maximum Gasteiger partial charge on any atom is 1.00 e. The molecule has 1 N–H and O–H groups in total. The van der Waals surface area contributed by atoms with Gasteiger partial charge in [-0.3, -0.25) is 5.32 Å². The molecule has 18 heavy (non-hydrogen) atoms. The number of carbonyl (C=O) groups is 1. The molecule has 1 saturated heterocycles. The number of carbonyl (C=O) groups excluding carboxylic acids is 1. The van der Waals surface area contributed by atoms with Gasteiger partial charge >= 0.3 is 35.6 Å². The van der Waals surface area contributed by atoms with Crippen LogP contribution in [0.4, 0.5) is 4.79 Å². The van der Waals surface area contributed by atoms with Gasteiger partial charge in [0, 0.05) is 5.75 Å². The van der Waals surface area contributed by atoms with Gasteiger partial charge in [-0.1, -0.05) is 6.08 Å². The Bertz CT molecular complexity index is 447. The summed E-state index contributed by atoms with van der Waals surface area (Å²) in [7, 11) is 0. The Hall–Kier alpha value is -1.23. The zero-order chi connectivity index (χ0) is 12.4. The number of amides is 2. The number of guanidine groups is 1. The van der Waals surface area contributed by atoms with Crippen molar-refractivity contribution in [2.75, 3.05) is 5.75 Å². The fourth-order valence-corrected chi connectivity index (χ4v) is 1.73. The van der Waals surface area contributed by atoms with E-state index in [2.05, 4.69) is 17.0 Å². The molecule has 92 valence electrons. The smallest absolute Gasteiger partial charge is 1.00 e. The molecular formula is C7H9N6NaO3S. The number of nitrogens with zero attached hydrogens (tertiary/aromatic N) is 5. The Labute approximate surface area is 130 Å². The molecule has 0 aliphatic carbocycles. The predicted molar refractivity (Wildman–Crippen MR) is 61.4 cm³/mol. The second-order valence-corrected chi connectivity index (χ2v) is 3.88. The topological polar surface area (TPSA) is 94.3 Å². The molecule has 0 bridgehead atoms. The maximum atomic E-state index is 11.3. The van der Waals surface area contributed by atoms with E-state index in [1.54, 1.807) is 6.08 Å². The second kappa shape index (κ2) is 6.09. The van der Waals surface area contributed by atoms with Gasteiger partial charge in [-0.25, -0.2) is 19.3 Å². The van der Waals surface area contributed by atoms with Crippen LogP contribution in [0.2, 0.25) is 0 Å². The van der Waals surface area contributed by atoms with Crippen LogP contribution in [-0.4, -0.2) is 37.3 Å². The number of hydrazone groups is 1. The fraction of sp³-hybridized carbons (Fsp3) is 0.143. The van der Waals surface area contributed by atoms with Crippen molar-refractivity contribution in [3.05, 3.63) is 35.2 Å². The van der Waals surface area contributed by atoms with Crippen molar-refractivity contribution in [2.45, 2.75) is 0 Å². The van der Waals surface area contributed by atoms with Crippen LogP contribution in [0.15, 0.2) is 30.2 Å². The number of nitro groups is 1. The first kappa shape index (κ1) is 14.8. The van der Waals surface area contributed by atoms with Gasteiger partial charge in [0.25, 0.3) is 5.96 Å². The fourth-order valence-electron chi connectivity index (χ4n) is 1.20. The second-order valence-electron chi connectivity index (χ2n) is 2.91. The minimum absolute atomic E-state index is 0. The quantitative estimate of drug-likeness (QED) is 0.200. The van der Waals surface area contributed by atoms with Crippen molar-refractivity contribution >= 4 is 23.9 Å². The zero-order valence-corrected chi connectivity index (χ0v) is 12.3. The number of urea groups is 1. The van der Waals surface area contributed by atoms with Crippen LogP contribution in [-0.2, 0) is 0 Å². The van der Waals surface area contributed by atoms with Gasteiger partial charge in [-0.2, -0.15) is 5.01 Å². The Kier molecular flexibility index (Phi) is 5.02. The molecule has 0 unspecified atom stereocenters. The maximum absolute atomic E-state index is 11.3. The van der Waals surface area contributed by atoms with Crippen molar-refractivity contribution in [2.24, 2.45) is 5.10 Å². The number of nitrogens with one attached hydrogen (secondary N) is 1. The third-order valence-corrected chi connectivity index (χ3v) is 2.68. The summed E-state index contributed by atoms with van der Waals surface area (Å²) >= 11 is 1.33. The molecule has 0 aromatic carbocycles. The number of hydrogen-bond donors (Lipinski definition) is 1. The number of hydrazine groups is 2. The average molecular weight is 280 g/mol. The molecule has 0 saturated carbocycles. The number of hydrogen-bond acceptors (Lipinski definition) is 7. The normalized spacial score (nSPS) is 16.8. The molecule has 0 spiro atoms. The molecule has 9 nitrogen and oxygen atoms in total. The molecule has 0 aromatic heterocycles. The molecule has 11 heteroatoms. The van der Waals surface area contributed by atoms with E-state index in [1.165, 1.54) is 28.8 Å². The van der Waals surface area contributed by atoms with Crippen molar-refractivity contribution in [1.82, 2.24) is 19.9 Å². The van der Waals surface area contributed by atoms with Crippen LogP contribution in [0.5, 0.6) is 0 Å². The third-order valence-electron chi connectivity index (χ3n) is 1.83. The van der Waals surface area contributed by atoms with Crippen LogP contribution in [0, 0.1) is 10.1 Å². The van der Waals surface area contributed by atoms with E-state index < -0.39 is 11.1 Å². The van der Waals surface area contributed by atoms with Crippen LogP contribution >= 0.6 is 11.9 Å². The Morgan fingerprint density at radius 1 is 1.67 bits per heavy atom. The van der Waals surface area contributed by atoms with Crippen molar-refractivity contribution < 1.29 is 40.8 Å². The Morgan fingerprint density at radius 2 is 2.39 bits per heavy atom. The molecular weight excluding hydrogens is 271 g/mol. The van der Waals surface area contributed by atoms with E-state index in [9.17, 15) is 14.9 Å². The van der Waals surface area contributed by atoms with Gasteiger partial charge in [-0.15, -0.1) is 11.7 Å². The van der Waals surface area contributed by atoms with E-state index in [1.807, 2.05) is 0 Å². The van der Waals surface area contributed by atoms with Gasteiger partial charge in [-0.05, 0) is 11.9 Å². The molecule has 0 radical (unpaired) electrons.